The zero-order valence-corrected chi connectivity index (χ0v) is 17.0. The summed E-state index contributed by atoms with van der Waals surface area (Å²) in [5.41, 5.74) is 0.863. The molecule has 0 aliphatic rings. The van der Waals surface area contributed by atoms with Crippen LogP contribution in [-0.4, -0.2) is 36.3 Å². The van der Waals surface area contributed by atoms with Crippen LogP contribution in [0, 0.1) is 23.7 Å². The minimum atomic E-state index is -0.771. The second-order valence-electron chi connectivity index (χ2n) is 7.61. The van der Waals surface area contributed by atoms with Crippen LogP contribution < -0.4 is 0 Å². The summed E-state index contributed by atoms with van der Waals surface area (Å²) in [6, 6.07) is 0. The summed E-state index contributed by atoms with van der Waals surface area (Å²) in [5.74, 6) is 1.11. The minimum absolute atomic E-state index is 0.216. The lowest BCUT2D eigenvalue weighted by molar-refractivity contribution is -0.175. The van der Waals surface area contributed by atoms with E-state index in [2.05, 4.69) is 33.8 Å². The third-order valence-electron chi connectivity index (χ3n) is 4.82. The van der Waals surface area contributed by atoms with Crippen molar-refractivity contribution in [1.82, 2.24) is 5.06 Å². The number of hydrogen-bond donors (Lipinski definition) is 1. The van der Waals surface area contributed by atoms with Gasteiger partial charge in [-0.3, -0.25) is 9.63 Å². The van der Waals surface area contributed by atoms with Crippen molar-refractivity contribution in [2.24, 2.45) is 23.7 Å². The summed E-state index contributed by atoms with van der Waals surface area (Å²) in [6.45, 7) is 12.7. The Balaban J connectivity index is 4.61. The molecule has 4 nitrogen and oxygen atoms in total. The lowest BCUT2D eigenvalue weighted by Gasteiger charge is -2.24. The molecule has 0 heterocycles. The molecule has 0 radical (unpaired) electrons. The Labute approximate surface area is 149 Å². The van der Waals surface area contributed by atoms with Gasteiger partial charge in [0.05, 0.1) is 19.1 Å². The van der Waals surface area contributed by atoms with Crippen molar-refractivity contribution in [1.29, 1.82) is 0 Å². The summed E-state index contributed by atoms with van der Waals surface area (Å²) in [6.07, 6.45) is 6.24. The van der Waals surface area contributed by atoms with Crippen molar-refractivity contribution >= 4 is 5.91 Å². The van der Waals surface area contributed by atoms with Crippen molar-refractivity contribution < 1.29 is 14.7 Å². The molecule has 24 heavy (non-hydrogen) atoms. The lowest BCUT2D eigenvalue weighted by atomic mass is 9.86. The van der Waals surface area contributed by atoms with Crippen LogP contribution in [0.3, 0.4) is 0 Å². The Morgan fingerprint density at radius 1 is 1.17 bits per heavy atom. The molecule has 0 unspecified atom stereocenters. The van der Waals surface area contributed by atoms with Gasteiger partial charge in [0.1, 0.15) is 0 Å². The van der Waals surface area contributed by atoms with E-state index in [-0.39, 0.29) is 5.91 Å². The van der Waals surface area contributed by atoms with E-state index in [4.69, 9.17) is 4.84 Å². The summed E-state index contributed by atoms with van der Waals surface area (Å²) >= 11 is 0. The maximum Gasteiger partial charge on any atom is 0.251 e. The van der Waals surface area contributed by atoms with Gasteiger partial charge in [0, 0.05) is 7.05 Å². The molecule has 0 spiro atoms. The van der Waals surface area contributed by atoms with E-state index in [0.717, 1.165) is 17.9 Å². The molecule has 1 amide bonds. The average Bonchev–Trinajstić information content (AvgIpc) is 2.51. The number of allylic oxidation sites excluding steroid dienone is 1. The Kier molecular flexibility index (Phi) is 11.2. The number of hydrogen-bond acceptors (Lipinski definition) is 3. The van der Waals surface area contributed by atoms with Gasteiger partial charge in [-0.2, -0.15) is 0 Å². The van der Waals surface area contributed by atoms with Gasteiger partial charge in [-0.1, -0.05) is 53.5 Å². The number of carbonyl (C=O) groups excluding carboxylic acids is 1. The van der Waals surface area contributed by atoms with Crippen LogP contribution in [-0.2, 0) is 9.63 Å². The van der Waals surface area contributed by atoms with E-state index in [1.807, 2.05) is 6.92 Å². The van der Waals surface area contributed by atoms with Crippen LogP contribution in [0.15, 0.2) is 11.6 Å². The minimum Gasteiger partial charge on any atom is -0.388 e. The number of nitrogens with zero attached hydrogens (tertiary/aromatic N) is 1. The van der Waals surface area contributed by atoms with Crippen molar-refractivity contribution in [3.63, 3.8) is 0 Å². The van der Waals surface area contributed by atoms with Crippen molar-refractivity contribution in [2.45, 2.75) is 73.3 Å². The summed E-state index contributed by atoms with van der Waals surface area (Å²) in [4.78, 5) is 17.0. The summed E-state index contributed by atoms with van der Waals surface area (Å²) in [7, 11) is 3.01. The predicted molar refractivity (Wildman–Crippen MR) is 100 cm³/mol. The van der Waals surface area contributed by atoms with Crippen molar-refractivity contribution in [2.75, 3.05) is 14.2 Å². The topological polar surface area (TPSA) is 49.8 Å². The number of amides is 1. The Morgan fingerprint density at radius 3 is 2.25 bits per heavy atom. The molecular formula is C20H39NO3. The van der Waals surface area contributed by atoms with Crippen molar-refractivity contribution in [3.05, 3.63) is 11.6 Å². The fourth-order valence-electron chi connectivity index (χ4n) is 3.55. The zero-order chi connectivity index (χ0) is 18.9. The smallest absolute Gasteiger partial charge is 0.251 e. The van der Waals surface area contributed by atoms with Gasteiger partial charge in [0.2, 0.25) is 0 Å². The van der Waals surface area contributed by atoms with Crippen LogP contribution >= 0.6 is 0 Å². The molecule has 0 aromatic rings. The molecule has 1 N–H and O–H groups in total. The first kappa shape index (κ1) is 23.1. The van der Waals surface area contributed by atoms with Gasteiger partial charge in [-0.15, -0.1) is 0 Å². The summed E-state index contributed by atoms with van der Waals surface area (Å²) in [5, 5.41) is 11.6. The van der Waals surface area contributed by atoms with Gasteiger partial charge in [-0.25, -0.2) is 5.06 Å². The highest BCUT2D eigenvalue weighted by molar-refractivity contribution is 5.78. The molecule has 0 saturated heterocycles. The summed E-state index contributed by atoms with van der Waals surface area (Å²) < 4.78 is 0. The molecule has 0 aliphatic carbocycles. The number of rotatable bonds is 11. The van der Waals surface area contributed by atoms with Gasteiger partial charge in [0.25, 0.3) is 5.91 Å². The first-order chi connectivity index (χ1) is 11.1. The number of carbonyl (C=O) groups is 1. The molecule has 0 aromatic carbocycles. The third-order valence-corrected chi connectivity index (χ3v) is 4.82. The second-order valence-corrected chi connectivity index (χ2v) is 7.61. The highest BCUT2D eigenvalue weighted by atomic mass is 16.7. The van der Waals surface area contributed by atoms with Gasteiger partial charge in [0.15, 0.2) is 0 Å². The molecule has 0 aromatic heterocycles. The Hall–Kier alpha value is -0.870. The highest BCUT2D eigenvalue weighted by Crippen LogP contribution is 2.25. The number of hydroxylamine groups is 2. The van der Waals surface area contributed by atoms with Crippen molar-refractivity contribution in [3.8, 4) is 0 Å². The highest BCUT2D eigenvalue weighted by Gasteiger charge is 2.26. The molecule has 142 valence electrons. The number of aliphatic hydroxyl groups excluding tert-OH is 1. The molecule has 0 rings (SSSR count). The fourth-order valence-corrected chi connectivity index (χ4v) is 3.55. The monoisotopic (exact) mass is 341 g/mol. The number of aliphatic hydroxyl groups is 1. The van der Waals surface area contributed by atoms with Gasteiger partial charge < -0.3 is 5.11 Å². The molecule has 0 aliphatic heterocycles. The molecule has 4 heteroatoms. The maximum absolute atomic E-state index is 12.1. The molecule has 0 bridgehead atoms. The Morgan fingerprint density at radius 2 is 1.75 bits per heavy atom. The van der Waals surface area contributed by atoms with E-state index in [1.165, 1.54) is 31.4 Å². The quantitative estimate of drug-likeness (QED) is 0.446. The van der Waals surface area contributed by atoms with Gasteiger partial charge in [-0.05, 0) is 43.1 Å². The maximum atomic E-state index is 12.1. The first-order valence-electron chi connectivity index (χ1n) is 9.31. The molecular weight excluding hydrogens is 302 g/mol. The Bertz CT molecular complexity index is 394. The average molecular weight is 342 g/mol. The molecule has 5 atom stereocenters. The van der Waals surface area contributed by atoms with Crippen LogP contribution in [0.2, 0.25) is 0 Å². The second kappa shape index (κ2) is 11.6. The SMILES string of the molecule is CCC[C@H](C)C[C@H](C)C[C@H](C)/C=C(\C)[C@H](O)[C@H](C)C(=O)N(C)OC. The molecule has 0 saturated carbocycles. The zero-order valence-electron chi connectivity index (χ0n) is 17.0. The van der Waals surface area contributed by atoms with Crippen LogP contribution in [0.1, 0.15) is 67.2 Å². The van der Waals surface area contributed by atoms with E-state index < -0.39 is 12.0 Å². The lowest BCUT2D eigenvalue weighted by Crippen LogP contribution is -2.37. The van der Waals surface area contributed by atoms with E-state index in [1.54, 1.807) is 14.0 Å². The van der Waals surface area contributed by atoms with E-state index in [9.17, 15) is 9.90 Å². The predicted octanol–water partition coefficient (Wildman–Crippen LogP) is 4.44. The van der Waals surface area contributed by atoms with E-state index >= 15 is 0 Å². The van der Waals surface area contributed by atoms with Crippen LogP contribution in [0.5, 0.6) is 0 Å². The first-order valence-corrected chi connectivity index (χ1v) is 9.31. The van der Waals surface area contributed by atoms with E-state index in [0.29, 0.717) is 11.8 Å². The van der Waals surface area contributed by atoms with Crippen LogP contribution in [0.4, 0.5) is 0 Å². The van der Waals surface area contributed by atoms with Crippen LogP contribution in [0.25, 0.3) is 0 Å². The normalized spacial score (nSPS) is 18.6. The largest absolute Gasteiger partial charge is 0.388 e. The molecule has 0 fully saturated rings. The van der Waals surface area contributed by atoms with Gasteiger partial charge >= 0.3 is 0 Å². The standard InChI is InChI=1S/C20H39NO3/c1-9-10-14(2)11-15(3)12-16(4)13-17(5)19(22)18(6)20(23)21(7)24-8/h13-16,18-19,22H,9-12H2,1-8H3/b17-13+/t14-,15-,16-,18-,19-/m0/s1. The third kappa shape index (κ3) is 8.29. The fraction of sp³-hybridized carbons (Fsp3) is 0.850.